The minimum atomic E-state index is 0. The smallest absolute Gasteiger partial charge is 0.191 e. The molecule has 2 N–H and O–H groups in total. The molecule has 1 unspecified atom stereocenters. The van der Waals surface area contributed by atoms with E-state index in [1.165, 1.54) is 5.56 Å². The fourth-order valence-electron chi connectivity index (χ4n) is 1.67. The van der Waals surface area contributed by atoms with Gasteiger partial charge in [-0.15, -0.1) is 24.0 Å². The van der Waals surface area contributed by atoms with E-state index >= 15 is 0 Å². The highest BCUT2D eigenvalue weighted by molar-refractivity contribution is 14.0. The second-order valence-corrected chi connectivity index (χ2v) is 5.00. The van der Waals surface area contributed by atoms with Crippen LogP contribution in [-0.2, 0) is 0 Å². The Labute approximate surface area is 139 Å². The molecule has 0 aliphatic rings. The fourth-order valence-corrected chi connectivity index (χ4v) is 1.67. The molecule has 0 heterocycles. The monoisotopic (exact) mass is 391 g/mol. The second kappa shape index (κ2) is 9.85. The van der Waals surface area contributed by atoms with Crippen molar-refractivity contribution in [2.75, 3.05) is 13.6 Å². The maximum Gasteiger partial charge on any atom is 0.191 e. The summed E-state index contributed by atoms with van der Waals surface area (Å²) < 4.78 is 5.85. The van der Waals surface area contributed by atoms with E-state index in [2.05, 4.69) is 42.5 Å². The summed E-state index contributed by atoms with van der Waals surface area (Å²) in [5.74, 6) is 1.70. The van der Waals surface area contributed by atoms with Crippen LogP contribution >= 0.6 is 24.0 Å². The van der Waals surface area contributed by atoms with Crippen LogP contribution in [0.3, 0.4) is 0 Å². The highest BCUT2D eigenvalue weighted by atomic mass is 127. The number of hydrogen-bond acceptors (Lipinski definition) is 2. The van der Waals surface area contributed by atoms with Gasteiger partial charge in [0, 0.05) is 13.1 Å². The van der Waals surface area contributed by atoms with Gasteiger partial charge < -0.3 is 15.4 Å². The molecular formula is C15H26IN3O. The summed E-state index contributed by atoms with van der Waals surface area (Å²) in [6.45, 7) is 8.97. The normalized spacial score (nSPS) is 12.6. The Morgan fingerprint density at radius 1 is 1.30 bits per heavy atom. The van der Waals surface area contributed by atoms with Gasteiger partial charge in [-0.2, -0.15) is 0 Å². The summed E-state index contributed by atoms with van der Waals surface area (Å²) in [6, 6.07) is 8.44. The molecule has 0 radical (unpaired) electrons. The third-order valence-electron chi connectivity index (χ3n) is 2.53. The summed E-state index contributed by atoms with van der Waals surface area (Å²) in [6.07, 6.45) is 0.0764. The molecule has 0 aromatic heterocycles. The fraction of sp³-hybridized carbons (Fsp3) is 0.533. The second-order valence-electron chi connectivity index (χ2n) is 5.00. The van der Waals surface area contributed by atoms with E-state index < -0.39 is 0 Å². The quantitative estimate of drug-likeness (QED) is 0.461. The zero-order valence-electron chi connectivity index (χ0n) is 12.9. The van der Waals surface area contributed by atoms with Gasteiger partial charge in [-0.3, -0.25) is 4.99 Å². The topological polar surface area (TPSA) is 45.7 Å². The van der Waals surface area contributed by atoms with Crippen molar-refractivity contribution in [3.8, 4) is 5.75 Å². The van der Waals surface area contributed by atoms with E-state index in [4.69, 9.17) is 4.74 Å². The number of halogens is 1. The molecule has 0 amide bonds. The number of aliphatic imine (C=N–C) groups is 1. The molecule has 5 heteroatoms. The van der Waals surface area contributed by atoms with Crippen LogP contribution < -0.4 is 15.4 Å². The first-order valence-electron chi connectivity index (χ1n) is 6.71. The lowest BCUT2D eigenvalue weighted by atomic mass is 10.2. The van der Waals surface area contributed by atoms with Crippen molar-refractivity contribution in [1.29, 1.82) is 0 Å². The summed E-state index contributed by atoms with van der Waals surface area (Å²) in [5.41, 5.74) is 1.20. The number of hydrogen-bond donors (Lipinski definition) is 2. The predicted molar refractivity (Wildman–Crippen MR) is 96.3 cm³/mol. The standard InChI is InChI=1S/C15H25N3O.HI/c1-11(2)18-15(16-5)17-10-13(4)19-14-8-6-7-12(3)9-14;/h6-9,11,13H,10H2,1-5H3,(H2,16,17,18);1H. The number of guanidine groups is 1. The van der Waals surface area contributed by atoms with Gasteiger partial charge in [0.1, 0.15) is 11.9 Å². The summed E-state index contributed by atoms with van der Waals surface area (Å²) in [4.78, 5) is 4.16. The molecule has 1 atom stereocenters. The van der Waals surface area contributed by atoms with Gasteiger partial charge in [-0.25, -0.2) is 0 Å². The van der Waals surface area contributed by atoms with E-state index in [9.17, 15) is 0 Å². The van der Waals surface area contributed by atoms with Crippen LogP contribution in [0.15, 0.2) is 29.3 Å². The van der Waals surface area contributed by atoms with Gasteiger partial charge in [0.15, 0.2) is 5.96 Å². The van der Waals surface area contributed by atoms with Crippen LogP contribution in [0.4, 0.5) is 0 Å². The molecule has 0 bridgehead atoms. The molecule has 4 nitrogen and oxygen atoms in total. The average Bonchev–Trinajstić information content (AvgIpc) is 2.34. The first-order chi connectivity index (χ1) is 9.01. The van der Waals surface area contributed by atoms with Gasteiger partial charge in [0.2, 0.25) is 0 Å². The molecule has 0 fully saturated rings. The van der Waals surface area contributed by atoms with Crippen LogP contribution in [0.25, 0.3) is 0 Å². The number of ether oxygens (including phenoxy) is 1. The van der Waals surface area contributed by atoms with Crippen molar-refractivity contribution < 1.29 is 4.74 Å². The van der Waals surface area contributed by atoms with Gasteiger partial charge in [-0.1, -0.05) is 12.1 Å². The Morgan fingerprint density at radius 2 is 2.00 bits per heavy atom. The minimum Gasteiger partial charge on any atom is -0.489 e. The minimum absolute atomic E-state index is 0. The molecule has 0 aliphatic heterocycles. The Balaban J connectivity index is 0.00000361. The lowest BCUT2D eigenvalue weighted by molar-refractivity contribution is 0.223. The highest BCUT2D eigenvalue weighted by Crippen LogP contribution is 2.13. The highest BCUT2D eigenvalue weighted by Gasteiger charge is 2.06. The predicted octanol–water partition coefficient (Wildman–Crippen LogP) is 2.95. The van der Waals surface area contributed by atoms with Crippen LogP contribution in [0.1, 0.15) is 26.3 Å². The van der Waals surface area contributed by atoms with Crippen molar-refractivity contribution in [2.24, 2.45) is 4.99 Å². The van der Waals surface area contributed by atoms with E-state index in [0.29, 0.717) is 12.6 Å². The Morgan fingerprint density at radius 3 is 2.55 bits per heavy atom. The Hall–Kier alpha value is -0.980. The van der Waals surface area contributed by atoms with Crippen LogP contribution in [-0.4, -0.2) is 31.7 Å². The first-order valence-corrected chi connectivity index (χ1v) is 6.71. The summed E-state index contributed by atoms with van der Waals surface area (Å²) >= 11 is 0. The van der Waals surface area contributed by atoms with Crippen molar-refractivity contribution >= 4 is 29.9 Å². The number of benzene rings is 1. The summed E-state index contributed by atoms with van der Waals surface area (Å²) in [7, 11) is 1.77. The van der Waals surface area contributed by atoms with Crippen molar-refractivity contribution in [3.63, 3.8) is 0 Å². The lowest BCUT2D eigenvalue weighted by Crippen LogP contribution is -2.44. The van der Waals surface area contributed by atoms with E-state index in [1.807, 2.05) is 25.1 Å². The van der Waals surface area contributed by atoms with Gasteiger partial charge in [0.25, 0.3) is 0 Å². The number of nitrogens with zero attached hydrogens (tertiary/aromatic N) is 1. The average molecular weight is 391 g/mol. The van der Waals surface area contributed by atoms with Crippen LogP contribution in [0.5, 0.6) is 5.75 Å². The van der Waals surface area contributed by atoms with Crippen LogP contribution in [0, 0.1) is 6.92 Å². The van der Waals surface area contributed by atoms with Crippen LogP contribution in [0.2, 0.25) is 0 Å². The van der Waals surface area contributed by atoms with Crippen molar-refractivity contribution in [3.05, 3.63) is 29.8 Å². The SMILES string of the molecule is CN=C(NCC(C)Oc1cccc(C)c1)NC(C)C.I. The molecule has 0 saturated heterocycles. The first kappa shape index (κ1) is 19.0. The third kappa shape index (κ3) is 7.57. The van der Waals surface area contributed by atoms with E-state index in [0.717, 1.165) is 11.7 Å². The largest absolute Gasteiger partial charge is 0.489 e. The van der Waals surface area contributed by atoms with Gasteiger partial charge in [-0.05, 0) is 45.4 Å². The van der Waals surface area contributed by atoms with Crippen molar-refractivity contribution in [1.82, 2.24) is 10.6 Å². The number of rotatable bonds is 5. The Bertz CT molecular complexity index is 421. The molecule has 1 aromatic rings. The number of nitrogens with one attached hydrogen (secondary N) is 2. The maximum absolute atomic E-state index is 5.85. The van der Waals surface area contributed by atoms with E-state index in [1.54, 1.807) is 7.05 Å². The molecule has 0 spiro atoms. The lowest BCUT2D eigenvalue weighted by Gasteiger charge is -2.19. The molecule has 1 aromatic carbocycles. The zero-order chi connectivity index (χ0) is 14.3. The molecule has 20 heavy (non-hydrogen) atoms. The van der Waals surface area contributed by atoms with E-state index in [-0.39, 0.29) is 30.1 Å². The zero-order valence-corrected chi connectivity index (χ0v) is 15.3. The molecule has 0 saturated carbocycles. The molecular weight excluding hydrogens is 365 g/mol. The van der Waals surface area contributed by atoms with Gasteiger partial charge >= 0.3 is 0 Å². The number of aryl methyl sites for hydroxylation is 1. The molecule has 1 rings (SSSR count). The van der Waals surface area contributed by atoms with Crippen molar-refractivity contribution in [2.45, 2.75) is 39.8 Å². The molecule has 0 aliphatic carbocycles. The third-order valence-corrected chi connectivity index (χ3v) is 2.53. The Kier molecular flexibility index (Phi) is 9.37. The maximum atomic E-state index is 5.85. The van der Waals surface area contributed by atoms with Gasteiger partial charge in [0.05, 0.1) is 6.54 Å². The molecule has 114 valence electrons. The summed E-state index contributed by atoms with van der Waals surface area (Å²) in [5, 5.41) is 6.49.